The zero-order valence-corrected chi connectivity index (χ0v) is 14.5. The van der Waals surface area contributed by atoms with Crippen LogP contribution in [0.1, 0.15) is 35.2 Å². The number of hydrogen-bond acceptors (Lipinski definition) is 3. The van der Waals surface area contributed by atoms with Gasteiger partial charge in [-0.1, -0.05) is 17.7 Å². The van der Waals surface area contributed by atoms with Gasteiger partial charge in [-0.2, -0.15) is 0 Å². The molecule has 1 heterocycles. The van der Waals surface area contributed by atoms with Crippen molar-refractivity contribution >= 4 is 23.2 Å². The quantitative estimate of drug-likeness (QED) is 0.923. The summed E-state index contributed by atoms with van der Waals surface area (Å²) >= 11 is 0. The van der Waals surface area contributed by atoms with Gasteiger partial charge in [0, 0.05) is 30.3 Å². The van der Waals surface area contributed by atoms with Gasteiger partial charge in [-0.25, -0.2) is 0 Å². The number of carbonyl (C=O) groups excluding carboxylic acids is 2. The van der Waals surface area contributed by atoms with Crippen molar-refractivity contribution in [3.8, 4) is 5.75 Å². The highest BCUT2D eigenvalue weighted by Gasteiger charge is 2.22. The lowest BCUT2D eigenvalue weighted by molar-refractivity contribution is -0.119. The average molecular weight is 338 g/mol. The molecule has 1 aliphatic heterocycles. The van der Waals surface area contributed by atoms with E-state index in [9.17, 15) is 9.59 Å². The van der Waals surface area contributed by atoms with E-state index in [2.05, 4.69) is 5.32 Å². The van der Waals surface area contributed by atoms with E-state index in [0.29, 0.717) is 30.0 Å². The van der Waals surface area contributed by atoms with E-state index in [4.69, 9.17) is 4.74 Å². The van der Waals surface area contributed by atoms with Gasteiger partial charge < -0.3 is 15.0 Å². The minimum Gasteiger partial charge on any atom is -0.494 e. The summed E-state index contributed by atoms with van der Waals surface area (Å²) in [6.07, 6.45) is 2.48. The van der Waals surface area contributed by atoms with E-state index in [1.807, 2.05) is 25.1 Å². The monoisotopic (exact) mass is 338 g/mol. The van der Waals surface area contributed by atoms with Crippen LogP contribution in [-0.4, -0.2) is 25.5 Å². The third kappa shape index (κ3) is 3.82. The zero-order valence-electron chi connectivity index (χ0n) is 14.5. The number of nitrogens with zero attached hydrogens (tertiary/aromatic N) is 1. The number of anilines is 2. The summed E-state index contributed by atoms with van der Waals surface area (Å²) < 4.78 is 5.45. The number of amides is 2. The Bertz CT molecular complexity index is 784. The smallest absolute Gasteiger partial charge is 0.255 e. The first-order chi connectivity index (χ1) is 12.1. The Balaban J connectivity index is 1.80. The van der Waals surface area contributed by atoms with Crippen LogP contribution < -0.4 is 15.0 Å². The number of methoxy groups -OCH3 is 1. The van der Waals surface area contributed by atoms with E-state index in [1.54, 1.807) is 36.3 Å². The maximum Gasteiger partial charge on any atom is 0.255 e. The Morgan fingerprint density at radius 3 is 2.56 bits per heavy atom. The van der Waals surface area contributed by atoms with E-state index in [1.165, 1.54) is 0 Å². The van der Waals surface area contributed by atoms with Gasteiger partial charge in [0.2, 0.25) is 5.91 Å². The molecule has 1 aliphatic rings. The molecule has 0 aromatic heterocycles. The van der Waals surface area contributed by atoms with Gasteiger partial charge in [0.1, 0.15) is 5.75 Å². The number of nitrogens with one attached hydrogen (secondary N) is 1. The standard InChI is InChI=1S/C20H22N2O3/c1-14-6-8-15(9-7-14)20(24)21-16-10-11-17(18(13-16)25-2)22-12-4-3-5-19(22)23/h6-11,13H,3-5,12H2,1-2H3,(H,21,24). The van der Waals surface area contributed by atoms with E-state index >= 15 is 0 Å². The van der Waals surface area contributed by atoms with Gasteiger partial charge in [-0.05, 0) is 44.0 Å². The maximum atomic E-state index is 12.3. The predicted molar refractivity (Wildman–Crippen MR) is 98.3 cm³/mol. The predicted octanol–water partition coefficient (Wildman–Crippen LogP) is 3.77. The molecule has 1 N–H and O–H groups in total. The van der Waals surface area contributed by atoms with Crippen LogP contribution in [0.2, 0.25) is 0 Å². The summed E-state index contributed by atoms with van der Waals surface area (Å²) in [5.74, 6) is 0.516. The third-order valence-electron chi connectivity index (χ3n) is 4.37. The second-order valence-corrected chi connectivity index (χ2v) is 6.21. The molecule has 1 saturated heterocycles. The lowest BCUT2D eigenvalue weighted by Crippen LogP contribution is -2.35. The first-order valence-electron chi connectivity index (χ1n) is 8.45. The topological polar surface area (TPSA) is 58.6 Å². The molecule has 1 fully saturated rings. The number of piperidine rings is 1. The van der Waals surface area contributed by atoms with Crippen molar-refractivity contribution in [3.05, 3.63) is 53.6 Å². The molecule has 130 valence electrons. The minimum absolute atomic E-state index is 0.112. The molecule has 0 aliphatic carbocycles. The number of carbonyl (C=O) groups is 2. The molecule has 0 atom stereocenters. The molecule has 3 rings (SSSR count). The molecular formula is C20H22N2O3. The summed E-state index contributed by atoms with van der Waals surface area (Å²) in [6, 6.07) is 12.8. The van der Waals surface area contributed by atoms with Crippen molar-refractivity contribution < 1.29 is 14.3 Å². The largest absolute Gasteiger partial charge is 0.494 e. The first-order valence-corrected chi connectivity index (χ1v) is 8.45. The number of hydrogen-bond donors (Lipinski definition) is 1. The van der Waals surface area contributed by atoms with Crippen molar-refractivity contribution in [2.45, 2.75) is 26.2 Å². The third-order valence-corrected chi connectivity index (χ3v) is 4.37. The summed E-state index contributed by atoms with van der Waals surface area (Å²) in [4.78, 5) is 26.2. The first kappa shape index (κ1) is 17.0. The van der Waals surface area contributed by atoms with Crippen LogP contribution in [0.15, 0.2) is 42.5 Å². The van der Waals surface area contributed by atoms with Crippen LogP contribution in [0.5, 0.6) is 5.75 Å². The molecule has 2 aromatic rings. The highest BCUT2D eigenvalue weighted by atomic mass is 16.5. The second kappa shape index (κ2) is 7.38. The van der Waals surface area contributed by atoms with Crippen LogP contribution in [-0.2, 0) is 4.79 Å². The summed E-state index contributed by atoms with van der Waals surface area (Å²) in [7, 11) is 1.57. The van der Waals surface area contributed by atoms with Gasteiger partial charge in [0.15, 0.2) is 0 Å². The van der Waals surface area contributed by atoms with Crippen molar-refractivity contribution in [2.24, 2.45) is 0 Å². The van der Waals surface area contributed by atoms with Crippen LogP contribution >= 0.6 is 0 Å². The van der Waals surface area contributed by atoms with E-state index < -0.39 is 0 Å². The van der Waals surface area contributed by atoms with Crippen molar-refractivity contribution in [3.63, 3.8) is 0 Å². The molecular weight excluding hydrogens is 316 g/mol. The van der Waals surface area contributed by atoms with Crippen LogP contribution in [0.4, 0.5) is 11.4 Å². The Hall–Kier alpha value is -2.82. The van der Waals surface area contributed by atoms with Gasteiger partial charge in [0.05, 0.1) is 12.8 Å². The van der Waals surface area contributed by atoms with Gasteiger partial charge in [0.25, 0.3) is 5.91 Å². The number of aryl methyl sites for hydroxylation is 1. The molecule has 2 amide bonds. The highest BCUT2D eigenvalue weighted by Crippen LogP contribution is 2.33. The zero-order chi connectivity index (χ0) is 17.8. The van der Waals surface area contributed by atoms with Gasteiger partial charge in [-0.15, -0.1) is 0 Å². The van der Waals surface area contributed by atoms with Gasteiger partial charge >= 0.3 is 0 Å². The Kier molecular flexibility index (Phi) is 5.03. The highest BCUT2D eigenvalue weighted by molar-refractivity contribution is 6.04. The van der Waals surface area contributed by atoms with Crippen molar-refractivity contribution in [1.82, 2.24) is 0 Å². The maximum absolute atomic E-state index is 12.3. The van der Waals surface area contributed by atoms with Crippen LogP contribution in [0.3, 0.4) is 0 Å². The minimum atomic E-state index is -0.177. The molecule has 5 nitrogen and oxygen atoms in total. The molecule has 0 bridgehead atoms. The molecule has 2 aromatic carbocycles. The second-order valence-electron chi connectivity index (χ2n) is 6.21. The normalized spacial score (nSPS) is 14.3. The SMILES string of the molecule is COc1cc(NC(=O)c2ccc(C)cc2)ccc1N1CCCCC1=O. The van der Waals surface area contributed by atoms with Crippen molar-refractivity contribution in [1.29, 1.82) is 0 Å². The fourth-order valence-electron chi connectivity index (χ4n) is 2.95. The van der Waals surface area contributed by atoms with E-state index in [0.717, 1.165) is 24.1 Å². The van der Waals surface area contributed by atoms with Crippen LogP contribution in [0, 0.1) is 6.92 Å². The van der Waals surface area contributed by atoms with Crippen LogP contribution in [0.25, 0.3) is 0 Å². The van der Waals surface area contributed by atoms with Crippen molar-refractivity contribution in [2.75, 3.05) is 23.9 Å². The number of benzene rings is 2. The average Bonchev–Trinajstić information content (AvgIpc) is 2.63. The Morgan fingerprint density at radius 1 is 1.12 bits per heavy atom. The number of rotatable bonds is 4. The van der Waals surface area contributed by atoms with Gasteiger partial charge in [-0.3, -0.25) is 9.59 Å². The molecule has 0 unspecified atom stereocenters. The lowest BCUT2D eigenvalue weighted by atomic mass is 10.1. The summed E-state index contributed by atoms with van der Waals surface area (Å²) in [5, 5.41) is 2.87. The number of ether oxygens (including phenoxy) is 1. The molecule has 25 heavy (non-hydrogen) atoms. The fourth-order valence-corrected chi connectivity index (χ4v) is 2.95. The Morgan fingerprint density at radius 2 is 1.88 bits per heavy atom. The Labute approximate surface area is 147 Å². The summed E-state index contributed by atoms with van der Waals surface area (Å²) in [6.45, 7) is 2.68. The summed E-state index contributed by atoms with van der Waals surface area (Å²) in [5.41, 5.74) is 3.09. The molecule has 0 radical (unpaired) electrons. The lowest BCUT2D eigenvalue weighted by Gasteiger charge is -2.28. The molecule has 0 spiro atoms. The molecule has 0 saturated carbocycles. The molecule has 5 heteroatoms. The fraction of sp³-hybridized carbons (Fsp3) is 0.300. The van der Waals surface area contributed by atoms with E-state index in [-0.39, 0.29) is 11.8 Å².